The van der Waals surface area contributed by atoms with Gasteiger partial charge in [0.05, 0.1) is 22.2 Å². The van der Waals surface area contributed by atoms with Crippen LogP contribution in [-0.4, -0.2) is 13.5 Å². The van der Waals surface area contributed by atoms with Crippen LogP contribution in [0.2, 0.25) is 0 Å². The molecule has 108 valence electrons. The maximum absolute atomic E-state index is 12.4. The normalized spacial score (nSPS) is 10.9. The molecule has 0 aromatic heterocycles. The lowest BCUT2D eigenvalue weighted by Gasteiger charge is -2.12. The molecule has 0 amide bonds. The monoisotopic (exact) mass is 302 g/mol. The zero-order valence-corrected chi connectivity index (χ0v) is 12.4. The minimum atomic E-state index is -3.83. The van der Waals surface area contributed by atoms with Gasteiger partial charge in [-0.3, -0.25) is 4.72 Å². The molecule has 0 aliphatic rings. The van der Waals surface area contributed by atoms with Crippen LogP contribution < -0.4 is 4.72 Å². The summed E-state index contributed by atoms with van der Waals surface area (Å²) in [7, 11) is -3.83. The average molecular weight is 302 g/mol. The predicted octanol–water partition coefficient (Wildman–Crippen LogP) is 2.68. The van der Waals surface area contributed by atoms with Crippen LogP contribution in [0.15, 0.2) is 41.3 Å². The lowest BCUT2D eigenvalue weighted by atomic mass is 10.2. The molecule has 5 nitrogen and oxygen atoms in total. The molecule has 0 heterocycles. The van der Waals surface area contributed by atoms with Gasteiger partial charge in [0.1, 0.15) is 5.75 Å². The number of nitriles is 1. The summed E-state index contributed by atoms with van der Waals surface area (Å²) < 4.78 is 27.1. The number of sulfonamides is 1. The molecule has 0 atom stereocenters. The molecule has 0 aliphatic heterocycles. The number of nitrogens with zero attached hydrogens (tertiary/aromatic N) is 1. The summed E-state index contributed by atoms with van der Waals surface area (Å²) in [5.74, 6) is -0.143. The Morgan fingerprint density at radius 3 is 2.48 bits per heavy atom. The van der Waals surface area contributed by atoms with Gasteiger partial charge in [-0.25, -0.2) is 8.42 Å². The number of aromatic hydroxyl groups is 1. The lowest BCUT2D eigenvalue weighted by Crippen LogP contribution is -2.14. The molecule has 0 radical (unpaired) electrons. The molecule has 0 spiro atoms. The molecule has 0 fully saturated rings. The van der Waals surface area contributed by atoms with Crippen LogP contribution in [-0.2, 0) is 10.0 Å². The van der Waals surface area contributed by atoms with Crippen LogP contribution in [0, 0.1) is 25.2 Å². The number of phenolic OH excluding ortho intramolecular Hbond substituents is 1. The number of benzene rings is 2. The van der Waals surface area contributed by atoms with E-state index < -0.39 is 10.0 Å². The number of hydrogen-bond donors (Lipinski definition) is 2. The van der Waals surface area contributed by atoms with Crippen molar-refractivity contribution < 1.29 is 13.5 Å². The van der Waals surface area contributed by atoms with Crippen LogP contribution in [0.1, 0.15) is 16.7 Å². The Morgan fingerprint density at radius 2 is 1.86 bits per heavy atom. The summed E-state index contributed by atoms with van der Waals surface area (Å²) in [5.41, 5.74) is 1.80. The van der Waals surface area contributed by atoms with Crippen molar-refractivity contribution in [2.45, 2.75) is 18.7 Å². The van der Waals surface area contributed by atoms with Gasteiger partial charge in [-0.2, -0.15) is 5.26 Å². The van der Waals surface area contributed by atoms with E-state index in [4.69, 9.17) is 5.26 Å². The van der Waals surface area contributed by atoms with E-state index in [1.165, 1.54) is 24.3 Å². The van der Waals surface area contributed by atoms with Crippen molar-refractivity contribution >= 4 is 15.7 Å². The van der Waals surface area contributed by atoms with E-state index in [-0.39, 0.29) is 16.3 Å². The lowest BCUT2D eigenvalue weighted by molar-refractivity contribution is 0.477. The smallest absolute Gasteiger partial charge is 0.262 e. The molecule has 2 aromatic rings. The standard InChI is InChI=1S/C15H14N2O3S/c1-10-3-5-14(18)13(7-10)17-21(19,20)15-6-4-12(9-16)8-11(15)2/h3-8,17-18H,1-2H3. The van der Waals surface area contributed by atoms with E-state index in [9.17, 15) is 13.5 Å². The molecular weight excluding hydrogens is 288 g/mol. The van der Waals surface area contributed by atoms with Crippen LogP contribution in [0.4, 0.5) is 5.69 Å². The van der Waals surface area contributed by atoms with Crippen LogP contribution >= 0.6 is 0 Å². The quantitative estimate of drug-likeness (QED) is 0.853. The van der Waals surface area contributed by atoms with Crippen molar-refractivity contribution in [1.82, 2.24) is 0 Å². The first-order chi connectivity index (χ1) is 9.83. The van der Waals surface area contributed by atoms with E-state index in [0.717, 1.165) is 5.56 Å². The molecule has 0 bridgehead atoms. The third-order valence-electron chi connectivity index (χ3n) is 2.99. The Labute approximate surface area is 123 Å². The summed E-state index contributed by atoms with van der Waals surface area (Å²) >= 11 is 0. The Bertz CT molecular complexity index is 836. The Balaban J connectivity index is 2.44. The van der Waals surface area contributed by atoms with Gasteiger partial charge in [-0.15, -0.1) is 0 Å². The zero-order valence-electron chi connectivity index (χ0n) is 11.6. The van der Waals surface area contributed by atoms with E-state index in [2.05, 4.69) is 4.72 Å². The largest absolute Gasteiger partial charge is 0.506 e. The van der Waals surface area contributed by atoms with E-state index in [0.29, 0.717) is 11.1 Å². The van der Waals surface area contributed by atoms with Crippen molar-refractivity contribution in [2.24, 2.45) is 0 Å². The fourth-order valence-corrected chi connectivity index (χ4v) is 3.24. The topological polar surface area (TPSA) is 90.2 Å². The molecule has 2 N–H and O–H groups in total. The maximum atomic E-state index is 12.4. The SMILES string of the molecule is Cc1ccc(O)c(NS(=O)(=O)c2ccc(C#N)cc2C)c1. The highest BCUT2D eigenvalue weighted by Gasteiger charge is 2.18. The molecule has 2 rings (SSSR count). The number of aryl methyl sites for hydroxylation is 2. The van der Waals surface area contributed by atoms with Gasteiger partial charge in [0.2, 0.25) is 0 Å². The van der Waals surface area contributed by atoms with Gasteiger partial charge in [0, 0.05) is 0 Å². The highest BCUT2D eigenvalue weighted by Crippen LogP contribution is 2.27. The molecule has 6 heteroatoms. The fourth-order valence-electron chi connectivity index (χ4n) is 1.95. The first-order valence-corrected chi connectivity index (χ1v) is 7.65. The third kappa shape index (κ3) is 3.15. The molecule has 0 saturated heterocycles. The highest BCUT2D eigenvalue weighted by molar-refractivity contribution is 7.92. The fraction of sp³-hybridized carbons (Fsp3) is 0.133. The van der Waals surface area contributed by atoms with Crippen molar-refractivity contribution in [3.8, 4) is 11.8 Å². The number of nitrogens with one attached hydrogen (secondary N) is 1. The summed E-state index contributed by atoms with van der Waals surface area (Å²) in [6.07, 6.45) is 0. The van der Waals surface area contributed by atoms with Gasteiger partial charge >= 0.3 is 0 Å². The Hall–Kier alpha value is -2.52. The molecule has 0 unspecified atom stereocenters. The number of anilines is 1. The van der Waals surface area contributed by atoms with Crippen LogP contribution in [0.5, 0.6) is 5.75 Å². The molecule has 2 aromatic carbocycles. The van der Waals surface area contributed by atoms with Crippen LogP contribution in [0.3, 0.4) is 0 Å². The summed E-state index contributed by atoms with van der Waals surface area (Å²) in [4.78, 5) is 0.0717. The second-order valence-electron chi connectivity index (χ2n) is 4.72. The number of hydrogen-bond acceptors (Lipinski definition) is 4. The van der Waals surface area contributed by atoms with E-state index >= 15 is 0 Å². The minimum Gasteiger partial charge on any atom is -0.506 e. The highest BCUT2D eigenvalue weighted by atomic mass is 32.2. The summed E-state index contributed by atoms with van der Waals surface area (Å²) in [6, 6.07) is 10.9. The summed E-state index contributed by atoms with van der Waals surface area (Å²) in [6.45, 7) is 3.41. The molecular formula is C15H14N2O3S. The number of phenols is 1. The van der Waals surface area contributed by atoms with E-state index in [1.54, 1.807) is 26.0 Å². The minimum absolute atomic E-state index is 0.0717. The Kier molecular flexibility index (Phi) is 3.87. The van der Waals surface area contributed by atoms with Gasteiger partial charge in [-0.05, 0) is 55.3 Å². The average Bonchev–Trinajstić information content (AvgIpc) is 2.42. The second-order valence-corrected chi connectivity index (χ2v) is 6.37. The second kappa shape index (κ2) is 5.46. The maximum Gasteiger partial charge on any atom is 0.262 e. The van der Waals surface area contributed by atoms with E-state index in [1.807, 2.05) is 6.07 Å². The summed E-state index contributed by atoms with van der Waals surface area (Å²) in [5, 5.41) is 18.5. The Morgan fingerprint density at radius 1 is 1.14 bits per heavy atom. The van der Waals surface area contributed by atoms with Gasteiger partial charge in [0.25, 0.3) is 10.0 Å². The molecule has 0 saturated carbocycles. The number of rotatable bonds is 3. The van der Waals surface area contributed by atoms with Gasteiger partial charge in [0.15, 0.2) is 0 Å². The molecule has 21 heavy (non-hydrogen) atoms. The first kappa shape index (κ1) is 14.9. The van der Waals surface area contributed by atoms with Crippen molar-refractivity contribution in [2.75, 3.05) is 4.72 Å². The van der Waals surface area contributed by atoms with Gasteiger partial charge < -0.3 is 5.11 Å². The molecule has 0 aliphatic carbocycles. The van der Waals surface area contributed by atoms with Gasteiger partial charge in [-0.1, -0.05) is 6.07 Å². The first-order valence-electron chi connectivity index (χ1n) is 6.16. The predicted molar refractivity (Wildman–Crippen MR) is 79.5 cm³/mol. The van der Waals surface area contributed by atoms with Crippen molar-refractivity contribution in [1.29, 1.82) is 5.26 Å². The third-order valence-corrected chi connectivity index (χ3v) is 4.52. The zero-order chi connectivity index (χ0) is 15.6. The van der Waals surface area contributed by atoms with Crippen molar-refractivity contribution in [3.63, 3.8) is 0 Å². The van der Waals surface area contributed by atoms with Crippen LogP contribution in [0.25, 0.3) is 0 Å². The van der Waals surface area contributed by atoms with Crippen molar-refractivity contribution in [3.05, 3.63) is 53.1 Å².